The van der Waals surface area contributed by atoms with Crippen LogP contribution in [0.3, 0.4) is 0 Å². The van der Waals surface area contributed by atoms with Crippen LogP contribution in [0.2, 0.25) is 0 Å². The van der Waals surface area contributed by atoms with E-state index in [1.165, 1.54) is 0 Å². The van der Waals surface area contributed by atoms with Crippen LogP contribution in [0.1, 0.15) is 0 Å². The second kappa shape index (κ2) is 5.59. The lowest BCUT2D eigenvalue weighted by molar-refractivity contribution is -0.115. The number of hydrogen-bond donors (Lipinski definition) is 5. The number of rotatable bonds is 2. The summed E-state index contributed by atoms with van der Waals surface area (Å²) >= 11 is 5.23. The van der Waals surface area contributed by atoms with E-state index in [9.17, 15) is 14.4 Å². The molecule has 0 spiro atoms. The van der Waals surface area contributed by atoms with Gasteiger partial charge in [-0.2, -0.15) is 5.10 Å². The third-order valence-electron chi connectivity index (χ3n) is 0.751. The van der Waals surface area contributed by atoms with Crippen molar-refractivity contribution in [1.29, 1.82) is 0 Å². The molecule has 5 amide bonds. The van der Waals surface area contributed by atoms with Gasteiger partial charge in [0.2, 0.25) is 5.17 Å². The summed E-state index contributed by atoms with van der Waals surface area (Å²) in [6.45, 7) is 0. The molecular weight excluding hydrogens is 216 g/mol. The Kier molecular flexibility index (Phi) is 4.78. The van der Waals surface area contributed by atoms with E-state index in [2.05, 4.69) is 16.6 Å². The molecule has 0 aliphatic rings. The summed E-state index contributed by atoms with van der Waals surface area (Å²) in [6, 6.07) is -1.97. The smallest absolute Gasteiger partial charge is 0.332 e. The van der Waals surface area contributed by atoms with Crippen molar-refractivity contribution in [2.75, 3.05) is 0 Å². The summed E-state index contributed by atoms with van der Waals surface area (Å²) in [5.74, 6) is -0.959. The van der Waals surface area contributed by atoms with Crippen molar-refractivity contribution in [2.45, 2.75) is 0 Å². The second-order valence-electron chi connectivity index (χ2n) is 1.82. The van der Waals surface area contributed by atoms with Crippen LogP contribution in [-0.4, -0.2) is 23.1 Å². The Balaban J connectivity index is 4.04. The van der Waals surface area contributed by atoms with Crippen LogP contribution in [0.25, 0.3) is 0 Å². The summed E-state index contributed by atoms with van der Waals surface area (Å²) in [4.78, 5) is 31.1. The Hall–Kier alpha value is -2.03. The Morgan fingerprint density at radius 3 is 2.07 bits per heavy atom. The highest BCUT2D eigenvalue weighted by molar-refractivity contribution is 6.82. The van der Waals surface area contributed by atoms with Crippen molar-refractivity contribution in [1.82, 2.24) is 16.3 Å². The summed E-state index contributed by atoms with van der Waals surface area (Å²) in [6.07, 6.45) is 0. The van der Waals surface area contributed by atoms with Gasteiger partial charge in [-0.3, -0.25) is 10.2 Å². The maximum Gasteiger partial charge on any atom is 0.332 e. The number of carbonyl (C=O) groups excluding carboxylic acids is 3. The van der Waals surface area contributed by atoms with Crippen LogP contribution in [0.4, 0.5) is 9.59 Å². The number of primary amides is 2. The standard InChI is InChI=1S/C4H7ClN6O3/c5-1(8-10-3(6)13)2(12)9-11-4(7)14/h(H,9,12)(H3,6,10,13)(H3,7,11,14)/b8-1+. The highest BCUT2D eigenvalue weighted by Crippen LogP contribution is 1.82. The molecule has 0 fully saturated rings. The molecular formula is C4H7ClN6O3. The van der Waals surface area contributed by atoms with Crippen LogP contribution in [0.15, 0.2) is 5.10 Å². The van der Waals surface area contributed by atoms with E-state index in [1.807, 2.05) is 0 Å². The topological polar surface area (TPSA) is 152 Å². The molecule has 0 aromatic carbocycles. The van der Waals surface area contributed by atoms with Gasteiger partial charge in [0.25, 0.3) is 0 Å². The van der Waals surface area contributed by atoms with E-state index in [1.54, 1.807) is 16.3 Å². The van der Waals surface area contributed by atoms with Gasteiger partial charge in [0.05, 0.1) is 0 Å². The van der Waals surface area contributed by atoms with Gasteiger partial charge < -0.3 is 11.5 Å². The maximum absolute atomic E-state index is 10.8. The first-order chi connectivity index (χ1) is 6.43. The number of nitrogens with one attached hydrogen (secondary N) is 3. The van der Waals surface area contributed by atoms with Crippen molar-refractivity contribution in [3.63, 3.8) is 0 Å². The molecule has 0 atom stereocenters. The van der Waals surface area contributed by atoms with Gasteiger partial charge in [-0.1, -0.05) is 11.6 Å². The second-order valence-corrected chi connectivity index (χ2v) is 2.18. The lowest BCUT2D eigenvalue weighted by Gasteiger charge is -2.02. The van der Waals surface area contributed by atoms with Gasteiger partial charge in [0, 0.05) is 0 Å². The fourth-order valence-corrected chi connectivity index (χ4v) is 0.414. The number of carbonyl (C=O) groups is 3. The summed E-state index contributed by atoms with van der Waals surface area (Å²) in [5.41, 5.74) is 14.5. The molecule has 0 heterocycles. The Bertz CT molecular complexity index is 289. The molecule has 0 unspecified atom stereocenters. The number of amides is 5. The van der Waals surface area contributed by atoms with Gasteiger partial charge in [-0.15, -0.1) is 0 Å². The number of hydrazone groups is 1. The third kappa shape index (κ3) is 5.60. The number of urea groups is 2. The first-order valence-electron chi connectivity index (χ1n) is 3.08. The van der Waals surface area contributed by atoms with Gasteiger partial charge in [0.1, 0.15) is 0 Å². The van der Waals surface area contributed by atoms with Crippen LogP contribution in [0, 0.1) is 0 Å². The quantitative estimate of drug-likeness (QED) is 0.269. The van der Waals surface area contributed by atoms with Crippen molar-refractivity contribution in [2.24, 2.45) is 16.6 Å². The van der Waals surface area contributed by atoms with Gasteiger partial charge >= 0.3 is 18.0 Å². The molecule has 0 saturated heterocycles. The fraction of sp³-hybridized carbons (Fsp3) is 0. The van der Waals surface area contributed by atoms with Crippen molar-refractivity contribution < 1.29 is 14.4 Å². The zero-order valence-corrected chi connectivity index (χ0v) is 7.46. The summed E-state index contributed by atoms with van der Waals surface area (Å²) < 4.78 is 0. The third-order valence-corrected chi connectivity index (χ3v) is 1.01. The molecule has 0 aliphatic carbocycles. The fourth-order valence-electron chi connectivity index (χ4n) is 0.325. The van der Waals surface area contributed by atoms with Crippen LogP contribution >= 0.6 is 11.6 Å². The first-order valence-corrected chi connectivity index (χ1v) is 3.45. The molecule has 0 bridgehead atoms. The molecule has 0 aromatic heterocycles. The van der Waals surface area contributed by atoms with Gasteiger partial charge in [-0.25, -0.2) is 20.4 Å². The van der Waals surface area contributed by atoms with E-state index in [4.69, 9.17) is 11.6 Å². The van der Waals surface area contributed by atoms with Crippen LogP contribution in [0.5, 0.6) is 0 Å². The monoisotopic (exact) mass is 222 g/mol. The average molecular weight is 223 g/mol. The highest BCUT2D eigenvalue weighted by Gasteiger charge is 2.08. The minimum atomic E-state index is -0.987. The van der Waals surface area contributed by atoms with Crippen molar-refractivity contribution >= 4 is 34.7 Å². The molecule has 78 valence electrons. The van der Waals surface area contributed by atoms with Crippen molar-refractivity contribution in [3.8, 4) is 0 Å². The summed E-state index contributed by atoms with van der Waals surface area (Å²) in [5, 5.41) is 2.43. The molecule has 10 heteroatoms. The predicted molar refractivity (Wildman–Crippen MR) is 46.9 cm³/mol. The van der Waals surface area contributed by atoms with E-state index < -0.39 is 23.1 Å². The van der Waals surface area contributed by atoms with E-state index in [-0.39, 0.29) is 0 Å². The number of hydrogen-bond acceptors (Lipinski definition) is 4. The summed E-state index contributed by atoms with van der Waals surface area (Å²) in [7, 11) is 0. The molecule has 9 nitrogen and oxygen atoms in total. The largest absolute Gasteiger partial charge is 0.350 e. The number of nitrogens with two attached hydrogens (primary N) is 2. The molecule has 0 aliphatic heterocycles. The average Bonchev–Trinajstić information content (AvgIpc) is 2.09. The Labute approximate surface area is 82.8 Å². The predicted octanol–water partition coefficient (Wildman–Crippen LogP) is -2.09. The number of nitrogens with zero attached hydrogens (tertiary/aromatic N) is 1. The molecule has 0 aromatic rings. The lowest BCUT2D eigenvalue weighted by Crippen LogP contribution is -2.46. The zero-order valence-electron chi connectivity index (χ0n) is 6.70. The molecule has 7 N–H and O–H groups in total. The highest BCUT2D eigenvalue weighted by atomic mass is 35.5. The van der Waals surface area contributed by atoms with Gasteiger partial charge in [-0.05, 0) is 0 Å². The first kappa shape index (κ1) is 12.0. The molecule has 0 rings (SSSR count). The number of hydrazine groups is 1. The Morgan fingerprint density at radius 1 is 1.07 bits per heavy atom. The van der Waals surface area contributed by atoms with E-state index in [0.29, 0.717) is 0 Å². The van der Waals surface area contributed by atoms with E-state index >= 15 is 0 Å². The Morgan fingerprint density at radius 2 is 1.64 bits per heavy atom. The molecule has 0 saturated carbocycles. The number of halogens is 1. The van der Waals surface area contributed by atoms with E-state index in [0.717, 1.165) is 0 Å². The van der Waals surface area contributed by atoms with Crippen LogP contribution in [-0.2, 0) is 4.79 Å². The maximum atomic E-state index is 10.8. The van der Waals surface area contributed by atoms with Crippen molar-refractivity contribution in [3.05, 3.63) is 0 Å². The zero-order chi connectivity index (χ0) is 11.1. The minimum Gasteiger partial charge on any atom is -0.350 e. The van der Waals surface area contributed by atoms with Gasteiger partial charge in [0.15, 0.2) is 0 Å². The SMILES string of the molecule is NC(=O)N/N=C(/Cl)C(=O)NNC(N)=O. The molecule has 14 heavy (non-hydrogen) atoms. The van der Waals surface area contributed by atoms with Crippen LogP contribution < -0.4 is 27.7 Å². The normalized spacial score (nSPS) is 10.2. The minimum absolute atomic E-state index is 0.627. The lowest BCUT2D eigenvalue weighted by atomic mass is 10.7. The molecule has 0 radical (unpaired) electrons.